The Morgan fingerprint density at radius 3 is 2.90 bits per heavy atom. The number of amides is 1. The predicted octanol–water partition coefficient (Wildman–Crippen LogP) is 3.47. The predicted molar refractivity (Wildman–Crippen MR) is 83.6 cm³/mol. The van der Waals surface area contributed by atoms with E-state index in [9.17, 15) is 4.79 Å². The molecule has 0 bridgehead atoms. The maximum Gasteiger partial charge on any atom is 0.253 e. The third-order valence-electron chi connectivity index (χ3n) is 2.69. The van der Waals surface area contributed by atoms with Crippen molar-refractivity contribution < 1.29 is 4.79 Å². The Bertz CT molecular complexity index is 612. The maximum absolute atomic E-state index is 12.2. The first-order valence-corrected chi connectivity index (χ1v) is 7.58. The van der Waals surface area contributed by atoms with Crippen molar-refractivity contribution in [2.75, 3.05) is 11.9 Å². The number of carbonyl (C=O) groups excluding carboxylic acids is 1. The number of anilines is 1. The molecule has 0 saturated carbocycles. The number of halogens is 1. The van der Waals surface area contributed by atoms with E-state index in [1.165, 1.54) is 0 Å². The second-order valence-corrected chi connectivity index (χ2v) is 5.76. The molecule has 0 aliphatic rings. The molecule has 2 N–H and O–H groups in total. The van der Waals surface area contributed by atoms with Crippen LogP contribution in [0, 0.1) is 6.92 Å². The van der Waals surface area contributed by atoms with E-state index in [4.69, 9.17) is 11.6 Å². The van der Waals surface area contributed by atoms with E-state index in [1.54, 1.807) is 23.5 Å². The molecule has 4 nitrogen and oxygen atoms in total. The summed E-state index contributed by atoms with van der Waals surface area (Å²) in [7, 11) is 0. The highest BCUT2D eigenvalue weighted by molar-refractivity contribution is 7.09. The normalized spacial score (nSPS) is 10.3. The van der Waals surface area contributed by atoms with Crippen LogP contribution in [-0.4, -0.2) is 17.4 Å². The maximum atomic E-state index is 12.2. The van der Waals surface area contributed by atoms with Gasteiger partial charge in [0, 0.05) is 22.6 Å². The van der Waals surface area contributed by atoms with Crippen LogP contribution in [0.5, 0.6) is 0 Å². The van der Waals surface area contributed by atoms with Gasteiger partial charge in [-0.3, -0.25) is 4.79 Å². The third-order valence-corrected chi connectivity index (χ3v) is 3.75. The van der Waals surface area contributed by atoms with Gasteiger partial charge in [0.15, 0.2) is 0 Å². The van der Waals surface area contributed by atoms with Crippen molar-refractivity contribution >= 4 is 34.5 Å². The van der Waals surface area contributed by atoms with E-state index in [1.807, 2.05) is 25.3 Å². The fraction of sp³-hybridized carbons (Fsp3) is 0.286. The lowest BCUT2D eigenvalue weighted by Crippen LogP contribution is -2.24. The quantitative estimate of drug-likeness (QED) is 0.889. The fourth-order valence-electron chi connectivity index (χ4n) is 1.80. The summed E-state index contributed by atoms with van der Waals surface area (Å²) in [5, 5.41) is 9.49. The summed E-state index contributed by atoms with van der Waals surface area (Å²) in [5.41, 5.74) is 2.20. The van der Waals surface area contributed by atoms with Crippen molar-refractivity contribution in [3.63, 3.8) is 0 Å². The van der Waals surface area contributed by atoms with Crippen LogP contribution in [0.2, 0.25) is 5.02 Å². The van der Waals surface area contributed by atoms with E-state index in [0.29, 0.717) is 17.1 Å². The molecule has 1 aromatic heterocycles. The topological polar surface area (TPSA) is 54.0 Å². The Morgan fingerprint density at radius 2 is 2.25 bits per heavy atom. The van der Waals surface area contributed by atoms with Crippen molar-refractivity contribution in [2.24, 2.45) is 0 Å². The van der Waals surface area contributed by atoms with Gasteiger partial charge in [0.05, 0.1) is 22.8 Å². The minimum atomic E-state index is -0.158. The molecule has 0 fully saturated rings. The molecular weight excluding hydrogens is 294 g/mol. The Morgan fingerprint density at radius 1 is 1.45 bits per heavy atom. The number of thiazole rings is 1. The first-order valence-electron chi connectivity index (χ1n) is 6.32. The number of hydrogen-bond donors (Lipinski definition) is 2. The van der Waals surface area contributed by atoms with Crippen molar-refractivity contribution in [1.29, 1.82) is 0 Å². The smallest absolute Gasteiger partial charge is 0.253 e. The van der Waals surface area contributed by atoms with Crippen LogP contribution in [0.3, 0.4) is 0 Å². The van der Waals surface area contributed by atoms with Crippen LogP contribution in [0.15, 0.2) is 23.6 Å². The second-order valence-electron chi connectivity index (χ2n) is 4.26. The van der Waals surface area contributed by atoms with Crippen LogP contribution in [0.25, 0.3) is 0 Å². The van der Waals surface area contributed by atoms with Gasteiger partial charge in [0.1, 0.15) is 0 Å². The first-order chi connectivity index (χ1) is 9.60. The number of nitrogens with one attached hydrogen (secondary N) is 2. The summed E-state index contributed by atoms with van der Waals surface area (Å²) in [6.45, 7) is 5.08. The van der Waals surface area contributed by atoms with Gasteiger partial charge in [-0.05, 0) is 32.0 Å². The SMILES string of the molecule is CCNc1ccc(Cl)cc1C(=O)NCc1csc(C)n1. The lowest BCUT2D eigenvalue weighted by atomic mass is 10.1. The van der Waals surface area contributed by atoms with E-state index in [2.05, 4.69) is 15.6 Å². The molecule has 2 rings (SSSR count). The molecule has 0 saturated heterocycles. The number of carbonyl (C=O) groups is 1. The standard InChI is InChI=1S/C14H16ClN3OS/c1-3-16-13-5-4-10(15)6-12(13)14(19)17-7-11-8-20-9(2)18-11/h4-6,8,16H,3,7H2,1-2H3,(H,17,19). The lowest BCUT2D eigenvalue weighted by molar-refractivity contribution is 0.0951. The zero-order valence-corrected chi connectivity index (χ0v) is 12.9. The van der Waals surface area contributed by atoms with E-state index < -0.39 is 0 Å². The highest BCUT2D eigenvalue weighted by atomic mass is 35.5. The number of nitrogens with zero attached hydrogens (tertiary/aromatic N) is 1. The molecule has 0 radical (unpaired) electrons. The average molecular weight is 310 g/mol. The van der Waals surface area contributed by atoms with E-state index in [-0.39, 0.29) is 5.91 Å². The molecule has 0 atom stereocenters. The fourth-order valence-corrected chi connectivity index (χ4v) is 2.59. The summed E-state index contributed by atoms with van der Waals surface area (Å²) < 4.78 is 0. The second kappa shape index (κ2) is 6.72. The van der Waals surface area contributed by atoms with Crippen LogP contribution in [0.1, 0.15) is 28.0 Å². The largest absolute Gasteiger partial charge is 0.385 e. The minimum absolute atomic E-state index is 0.158. The lowest BCUT2D eigenvalue weighted by Gasteiger charge is -2.11. The zero-order valence-electron chi connectivity index (χ0n) is 11.4. The van der Waals surface area contributed by atoms with Crippen molar-refractivity contribution in [1.82, 2.24) is 10.3 Å². The van der Waals surface area contributed by atoms with Crippen LogP contribution >= 0.6 is 22.9 Å². The molecule has 1 heterocycles. The summed E-state index contributed by atoms with van der Waals surface area (Å²) in [4.78, 5) is 16.6. The van der Waals surface area contributed by atoms with Crippen molar-refractivity contribution in [3.05, 3.63) is 44.9 Å². The molecule has 0 spiro atoms. The Kier molecular flexibility index (Phi) is 4.98. The van der Waals surface area contributed by atoms with E-state index in [0.717, 1.165) is 22.9 Å². The van der Waals surface area contributed by atoms with E-state index >= 15 is 0 Å². The Balaban J connectivity index is 2.09. The van der Waals surface area contributed by atoms with Crippen LogP contribution in [0.4, 0.5) is 5.69 Å². The molecule has 20 heavy (non-hydrogen) atoms. The number of aryl methyl sites for hydroxylation is 1. The molecule has 0 aliphatic carbocycles. The summed E-state index contributed by atoms with van der Waals surface area (Å²) >= 11 is 7.53. The highest BCUT2D eigenvalue weighted by Crippen LogP contribution is 2.20. The summed E-state index contributed by atoms with van der Waals surface area (Å²) in [6, 6.07) is 5.25. The molecule has 2 aromatic rings. The first kappa shape index (κ1) is 14.8. The van der Waals surface area contributed by atoms with Crippen LogP contribution in [-0.2, 0) is 6.54 Å². The van der Waals surface area contributed by atoms with Gasteiger partial charge in [-0.1, -0.05) is 11.6 Å². The van der Waals surface area contributed by atoms with Gasteiger partial charge in [0.2, 0.25) is 0 Å². The summed E-state index contributed by atoms with van der Waals surface area (Å²) in [5.74, 6) is -0.158. The monoisotopic (exact) mass is 309 g/mol. The Hall–Kier alpha value is -1.59. The van der Waals surface area contributed by atoms with Crippen molar-refractivity contribution in [2.45, 2.75) is 20.4 Å². The highest BCUT2D eigenvalue weighted by Gasteiger charge is 2.12. The number of rotatable bonds is 5. The minimum Gasteiger partial charge on any atom is -0.385 e. The molecule has 0 unspecified atom stereocenters. The van der Waals surface area contributed by atoms with Gasteiger partial charge in [-0.2, -0.15) is 0 Å². The van der Waals surface area contributed by atoms with Gasteiger partial charge in [-0.15, -0.1) is 11.3 Å². The van der Waals surface area contributed by atoms with Crippen molar-refractivity contribution in [3.8, 4) is 0 Å². The molecular formula is C14H16ClN3OS. The molecule has 106 valence electrons. The number of benzene rings is 1. The molecule has 1 aromatic carbocycles. The van der Waals surface area contributed by atoms with Gasteiger partial charge >= 0.3 is 0 Å². The Labute approximate surface area is 127 Å². The van der Waals surface area contributed by atoms with Gasteiger partial charge in [-0.25, -0.2) is 4.98 Å². The number of hydrogen-bond acceptors (Lipinski definition) is 4. The third kappa shape index (κ3) is 3.71. The van der Waals surface area contributed by atoms with Crippen LogP contribution < -0.4 is 10.6 Å². The van der Waals surface area contributed by atoms with Gasteiger partial charge < -0.3 is 10.6 Å². The number of aromatic nitrogens is 1. The molecule has 1 amide bonds. The van der Waals surface area contributed by atoms with Gasteiger partial charge in [0.25, 0.3) is 5.91 Å². The molecule has 6 heteroatoms. The summed E-state index contributed by atoms with van der Waals surface area (Å²) in [6.07, 6.45) is 0. The zero-order chi connectivity index (χ0) is 14.5. The average Bonchev–Trinajstić information content (AvgIpc) is 2.84. The molecule has 0 aliphatic heterocycles.